The number of thiazole rings is 1. The van der Waals surface area contributed by atoms with Crippen molar-refractivity contribution in [2.45, 2.75) is 39.7 Å². The van der Waals surface area contributed by atoms with E-state index in [9.17, 15) is 4.79 Å². The average Bonchev–Trinajstić information content (AvgIpc) is 2.89. The van der Waals surface area contributed by atoms with E-state index in [1.54, 1.807) is 6.92 Å². The van der Waals surface area contributed by atoms with Crippen molar-refractivity contribution in [1.29, 1.82) is 0 Å². The summed E-state index contributed by atoms with van der Waals surface area (Å²) in [5, 5.41) is 13.0. The smallest absolute Gasteiger partial charge is 0.347 e. The van der Waals surface area contributed by atoms with Gasteiger partial charge in [-0.25, -0.2) is 9.78 Å². The molecule has 0 aliphatic heterocycles. The molecule has 0 aliphatic carbocycles. The largest absolute Gasteiger partial charge is 0.477 e. The highest BCUT2D eigenvalue weighted by molar-refractivity contribution is 7.13. The summed E-state index contributed by atoms with van der Waals surface area (Å²) in [6.07, 6.45) is 0. The molecule has 24 heavy (non-hydrogen) atoms. The topological polar surface area (TPSA) is 104 Å². The van der Waals surface area contributed by atoms with E-state index in [4.69, 9.17) is 5.11 Å². The number of aromatic carboxylic acids is 1. The fourth-order valence-electron chi connectivity index (χ4n) is 1.96. The predicted molar refractivity (Wildman–Crippen MR) is 94.1 cm³/mol. The van der Waals surface area contributed by atoms with Gasteiger partial charge in [0.2, 0.25) is 11.9 Å². The van der Waals surface area contributed by atoms with E-state index in [-0.39, 0.29) is 16.8 Å². The van der Waals surface area contributed by atoms with Crippen LogP contribution in [-0.2, 0) is 0 Å². The zero-order chi connectivity index (χ0) is 18.0. The molecule has 0 aromatic carbocycles. The lowest BCUT2D eigenvalue weighted by molar-refractivity contribution is 0.0701. The van der Waals surface area contributed by atoms with Gasteiger partial charge in [-0.3, -0.25) is 0 Å². The Kier molecular flexibility index (Phi) is 5.33. The second kappa shape index (κ2) is 7.08. The lowest BCUT2D eigenvalue weighted by Crippen LogP contribution is -2.18. The Labute approximate surface area is 145 Å². The summed E-state index contributed by atoms with van der Waals surface area (Å²) in [5.41, 5.74) is 0.517. The van der Waals surface area contributed by atoms with Crippen molar-refractivity contribution in [3.63, 3.8) is 0 Å². The zero-order valence-corrected chi connectivity index (χ0v) is 15.5. The summed E-state index contributed by atoms with van der Waals surface area (Å²) < 4.78 is 0. The molecule has 1 atom stereocenters. The Balaban J connectivity index is 2.29. The van der Waals surface area contributed by atoms with Crippen LogP contribution >= 0.6 is 11.3 Å². The first kappa shape index (κ1) is 18.1. The van der Waals surface area contributed by atoms with E-state index in [1.807, 2.05) is 39.8 Å². The Morgan fingerprint density at radius 2 is 1.83 bits per heavy atom. The molecule has 1 unspecified atom stereocenters. The van der Waals surface area contributed by atoms with Crippen molar-refractivity contribution in [3.8, 4) is 0 Å². The molecule has 2 heterocycles. The highest BCUT2D eigenvalue weighted by Gasteiger charge is 2.19. The molecule has 0 spiro atoms. The van der Waals surface area contributed by atoms with E-state index < -0.39 is 5.97 Å². The van der Waals surface area contributed by atoms with Crippen LogP contribution in [0.3, 0.4) is 0 Å². The van der Waals surface area contributed by atoms with Crippen LogP contribution in [0, 0.1) is 6.92 Å². The summed E-state index contributed by atoms with van der Waals surface area (Å²) in [5.74, 6) is 0.938. The van der Waals surface area contributed by atoms with Gasteiger partial charge >= 0.3 is 5.97 Å². The van der Waals surface area contributed by atoms with Crippen LogP contribution in [0.4, 0.5) is 11.9 Å². The third-order valence-corrected chi connectivity index (χ3v) is 4.61. The van der Waals surface area contributed by atoms with Crippen molar-refractivity contribution in [2.24, 2.45) is 0 Å². The molecule has 2 N–H and O–H groups in total. The molecule has 0 fully saturated rings. The second-order valence-electron chi connectivity index (χ2n) is 6.00. The number of carboxylic acid groups (broad SMARTS) is 1. The maximum Gasteiger partial charge on any atom is 0.347 e. The van der Waals surface area contributed by atoms with Crippen molar-refractivity contribution in [2.75, 3.05) is 24.3 Å². The normalized spacial score (nSPS) is 12.3. The molecule has 0 saturated carbocycles. The van der Waals surface area contributed by atoms with Crippen LogP contribution in [0.2, 0.25) is 0 Å². The van der Waals surface area contributed by atoms with Crippen LogP contribution in [0.15, 0.2) is 0 Å². The van der Waals surface area contributed by atoms with Gasteiger partial charge in [-0.05, 0) is 13.8 Å². The second-order valence-corrected chi connectivity index (χ2v) is 7.03. The number of anilines is 2. The maximum absolute atomic E-state index is 11.2. The first-order chi connectivity index (χ1) is 11.2. The zero-order valence-electron chi connectivity index (χ0n) is 14.7. The first-order valence-corrected chi connectivity index (χ1v) is 8.41. The maximum atomic E-state index is 11.2. The number of rotatable bonds is 6. The van der Waals surface area contributed by atoms with Gasteiger partial charge in [0.25, 0.3) is 0 Å². The van der Waals surface area contributed by atoms with Crippen LogP contribution < -0.4 is 10.2 Å². The molecule has 130 valence electrons. The minimum absolute atomic E-state index is 0.170. The SMILES string of the molecule is Cc1nc(C(C)Nc2nc(C(C)C)nc(N(C)C)n2)sc1C(=O)O. The minimum Gasteiger partial charge on any atom is -0.477 e. The van der Waals surface area contributed by atoms with Crippen molar-refractivity contribution < 1.29 is 9.90 Å². The molecule has 0 bridgehead atoms. The summed E-state index contributed by atoms with van der Waals surface area (Å²) >= 11 is 1.16. The van der Waals surface area contributed by atoms with Crippen molar-refractivity contribution in [1.82, 2.24) is 19.9 Å². The van der Waals surface area contributed by atoms with Gasteiger partial charge in [0.15, 0.2) is 0 Å². The summed E-state index contributed by atoms with van der Waals surface area (Å²) in [7, 11) is 3.74. The summed E-state index contributed by atoms with van der Waals surface area (Å²) in [4.78, 5) is 30.8. The number of carbonyl (C=O) groups is 1. The molecule has 2 rings (SSSR count). The Hall–Kier alpha value is -2.29. The van der Waals surface area contributed by atoms with Crippen LogP contribution in [-0.4, -0.2) is 45.1 Å². The number of aryl methyl sites for hydroxylation is 1. The van der Waals surface area contributed by atoms with E-state index >= 15 is 0 Å². The monoisotopic (exact) mass is 350 g/mol. The fraction of sp³-hybridized carbons (Fsp3) is 0.533. The Morgan fingerprint density at radius 1 is 1.17 bits per heavy atom. The number of hydrogen-bond acceptors (Lipinski definition) is 8. The predicted octanol–water partition coefficient (Wildman–Crippen LogP) is 2.70. The highest BCUT2D eigenvalue weighted by Crippen LogP contribution is 2.26. The third-order valence-electron chi connectivity index (χ3n) is 3.28. The molecular weight excluding hydrogens is 328 g/mol. The standard InChI is InChI=1S/C15H22N6O2S/c1-7(2)11-18-14(20-15(19-11)21(5)6)17-9(4)12-16-8(3)10(24-12)13(22)23/h7,9H,1-6H3,(H,22,23)(H,17,18,19,20). The molecule has 9 heteroatoms. The van der Waals surface area contributed by atoms with Crippen LogP contribution in [0.5, 0.6) is 0 Å². The van der Waals surface area contributed by atoms with Gasteiger partial charge in [0.05, 0.1) is 11.7 Å². The molecule has 0 radical (unpaired) electrons. The van der Waals surface area contributed by atoms with Crippen molar-refractivity contribution >= 4 is 29.2 Å². The van der Waals surface area contributed by atoms with E-state index in [0.717, 1.165) is 11.3 Å². The molecule has 2 aromatic rings. The van der Waals surface area contributed by atoms with Gasteiger partial charge in [-0.1, -0.05) is 13.8 Å². The van der Waals surface area contributed by atoms with E-state index in [1.165, 1.54) is 0 Å². The van der Waals surface area contributed by atoms with Gasteiger partial charge < -0.3 is 15.3 Å². The van der Waals surface area contributed by atoms with Crippen molar-refractivity contribution in [3.05, 3.63) is 21.4 Å². The molecular formula is C15H22N6O2S. The lowest BCUT2D eigenvalue weighted by Gasteiger charge is -2.16. The average molecular weight is 350 g/mol. The highest BCUT2D eigenvalue weighted by atomic mass is 32.1. The number of nitrogens with zero attached hydrogens (tertiary/aromatic N) is 5. The quantitative estimate of drug-likeness (QED) is 0.819. The van der Waals surface area contributed by atoms with Gasteiger partial charge in [-0.2, -0.15) is 15.0 Å². The van der Waals surface area contributed by atoms with Crippen LogP contribution in [0.25, 0.3) is 0 Å². The van der Waals surface area contributed by atoms with Gasteiger partial charge in [0.1, 0.15) is 15.7 Å². The number of aromatic nitrogens is 4. The molecule has 0 saturated heterocycles. The van der Waals surface area contributed by atoms with Gasteiger partial charge in [-0.15, -0.1) is 11.3 Å². The molecule has 0 amide bonds. The first-order valence-electron chi connectivity index (χ1n) is 7.59. The van der Waals surface area contributed by atoms with E-state index in [2.05, 4.69) is 25.3 Å². The number of hydrogen-bond donors (Lipinski definition) is 2. The number of nitrogens with one attached hydrogen (secondary N) is 1. The minimum atomic E-state index is -0.958. The summed E-state index contributed by atoms with van der Waals surface area (Å²) in [6, 6.07) is -0.209. The Morgan fingerprint density at radius 3 is 2.33 bits per heavy atom. The summed E-state index contributed by atoms with van der Waals surface area (Å²) in [6.45, 7) is 7.63. The van der Waals surface area contributed by atoms with E-state index in [0.29, 0.717) is 28.4 Å². The number of carboxylic acids is 1. The molecule has 2 aromatic heterocycles. The fourth-order valence-corrected chi connectivity index (χ4v) is 2.87. The lowest BCUT2D eigenvalue weighted by atomic mass is 10.2. The van der Waals surface area contributed by atoms with Crippen LogP contribution in [0.1, 0.15) is 58.9 Å². The third kappa shape index (κ3) is 3.97. The molecule has 0 aliphatic rings. The molecule has 8 nitrogen and oxygen atoms in total. The van der Waals surface area contributed by atoms with Gasteiger partial charge in [0, 0.05) is 20.0 Å². The Bertz CT molecular complexity index is 717.